The highest BCUT2D eigenvalue weighted by atomic mass is 16.1. The SMILES string of the molecule is Cc1ccc(-c2nnn(Cc3cc(=O)n4[nH]cc(C#N)c4n3)n2)cc1. The molecule has 1 aromatic carbocycles. The van der Waals surface area contributed by atoms with Crippen LogP contribution in [0.3, 0.4) is 0 Å². The number of rotatable bonds is 3. The molecule has 4 rings (SSSR count). The maximum Gasteiger partial charge on any atom is 0.273 e. The summed E-state index contributed by atoms with van der Waals surface area (Å²) in [4.78, 5) is 17.8. The smallest absolute Gasteiger partial charge is 0.273 e. The molecule has 122 valence electrons. The van der Waals surface area contributed by atoms with E-state index in [-0.39, 0.29) is 17.8 Å². The third kappa shape index (κ3) is 2.66. The van der Waals surface area contributed by atoms with Crippen molar-refractivity contribution in [3.63, 3.8) is 0 Å². The standard InChI is InChI=1S/C16H12N8O/c1-10-2-4-11(5-3-10)15-20-22-23(21-15)9-13-6-14(25)24-16(19-13)12(7-17)8-18-24/h2-6,8,18H,9H2,1H3. The van der Waals surface area contributed by atoms with E-state index in [9.17, 15) is 4.79 Å². The van der Waals surface area contributed by atoms with Crippen molar-refractivity contribution in [1.82, 2.24) is 34.8 Å². The van der Waals surface area contributed by atoms with E-state index in [1.807, 2.05) is 37.3 Å². The van der Waals surface area contributed by atoms with Gasteiger partial charge in [-0.1, -0.05) is 29.8 Å². The van der Waals surface area contributed by atoms with Crippen LogP contribution in [0.25, 0.3) is 17.0 Å². The Morgan fingerprint density at radius 1 is 1.28 bits per heavy atom. The summed E-state index contributed by atoms with van der Waals surface area (Å²) in [5.74, 6) is 0.497. The highest BCUT2D eigenvalue weighted by Gasteiger charge is 2.11. The maximum atomic E-state index is 12.1. The lowest BCUT2D eigenvalue weighted by molar-refractivity contribution is 0.563. The lowest BCUT2D eigenvalue weighted by Crippen LogP contribution is -2.17. The van der Waals surface area contributed by atoms with Crippen LogP contribution in [0.2, 0.25) is 0 Å². The van der Waals surface area contributed by atoms with Crippen LogP contribution in [0.15, 0.2) is 41.3 Å². The second-order valence-electron chi connectivity index (χ2n) is 5.55. The summed E-state index contributed by atoms with van der Waals surface area (Å²) in [6.45, 7) is 2.19. The third-order valence-corrected chi connectivity index (χ3v) is 3.74. The Labute approximate surface area is 141 Å². The first-order chi connectivity index (χ1) is 12.1. The van der Waals surface area contributed by atoms with Gasteiger partial charge in [-0.15, -0.1) is 10.2 Å². The number of aromatic amines is 1. The lowest BCUT2D eigenvalue weighted by Gasteiger charge is -2.00. The summed E-state index contributed by atoms with van der Waals surface area (Å²) >= 11 is 0. The summed E-state index contributed by atoms with van der Waals surface area (Å²) in [5, 5.41) is 24.1. The topological polar surface area (TPSA) is 118 Å². The van der Waals surface area contributed by atoms with Gasteiger partial charge < -0.3 is 0 Å². The highest BCUT2D eigenvalue weighted by molar-refractivity contribution is 5.54. The van der Waals surface area contributed by atoms with Gasteiger partial charge in [-0.3, -0.25) is 9.89 Å². The molecule has 4 aromatic rings. The quantitative estimate of drug-likeness (QED) is 0.595. The number of aromatic nitrogens is 7. The van der Waals surface area contributed by atoms with E-state index in [2.05, 4.69) is 25.5 Å². The van der Waals surface area contributed by atoms with E-state index < -0.39 is 0 Å². The molecule has 0 spiro atoms. The number of benzene rings is 1. The second kappa shape index (κ2) is 5.68. The normalized spacial score (nSPS) is 10.9. The molecule has 1 N–H and O–H groups in total. The maximum absolute atomic E-state index is 12.1. The number of H-pyrrole nitrogens is 1. The van der Waals surface area contributed by atoms with Gasteiger partial charge in [0.1, 0.15) is 18.2 Å². The van der Waals surface area contributed by atoms with E-state index in [4.69, 9.17) is 5.26 Å². The Hall–Kier alpha value is -3.80. The first-order valence-electron chi connectivity index (χ1n) is 7.49. The average molecular weight is 332 g/mol. The molecule has 0 aliphatic heterocycles. The molecular weight excluding hydrogens is 320 g/mol. The average Bonchev–Trinajstić information content (AvgIpc) is 3.22. The number of nitrogens with zero attached hydrogens (tertiary/aromatic N) is 7. The van der Waals surface area contributed by atoms with E-state index in [1.54, 1.807) is 0 Å². The van der Waals surface area contributed by atoms with Crippen molar-refractivity contribution in [3.05, 3.63) is 63.7 Å². The Kier molecular flexibility index (Phi) is 3.36. The predicted molar refractivity (Wildman–Crippen MR) is 87.6 cm³/mol. The number of nitrogens with one attached hydrogen (secondary N) is 1. The fourth-order valence-electron chi connectivity index (χ4n) is 2.47. The molecule has 0 unspecified atom stereocenters. The van der Waals surface area contributed by atoms with Crippen molar-refractivity contribution in [1.29, 1.82) is 5.26 Å². The lowest BCUT2D eigenvalue weighted by atomic mass is 10.1. The van der Waals surface area contributed by atoms with Crippen LogP contribution in [-0.2, 0) is 6.54 Å². The van der Waals surface area contributed by atoms with Gasteiger partial charge in [-0.2, -0.15) is 10.1 Å². The summed E-state index contributed by atoms with van der Waals surface area (Å²) < 4.78 is 1.22. The number of fused-ring (bicyclic) bond motifs is 1. The van der Waals surface area contributed by atoms with Crippen molar-refractivity contribution in [2.24, 2.45) is 0 Å². The summed E-state index contributed by atoms with van der Waals surface area (Å²) in [5.41, 5.74) is 2.73. The zero-order chi connectivity index (χ0) is 17.4. The minimum Gasteiger partial charge on any atom is -0.295 e. The number of nitriles is 1. The van der Waals surface area contributed by atoms with Crippen molar-refractivity contribution in [3.8, 4) is 17.5 Å². The fourth-order valence-corrected chi connectivity index (χ4v) is 2.47. The largest absolute Gasteiger partial charge is 0.295 e. The van der Waals surface area contributed by atoms with Crippen molar-refractivity contribution < 1.29 is 0 Å². The Balaban J connectivity index is 1.67. The molecule has 3 aromatic heterocycles. The van der Waals surface area contributed by atoms with Crippen LogP contribution in [0.1, 0.15) is 16.8 Å². The zero-order valence-electron chi connectivity index (χ0n) is 13.2. The monoisotopic (exact) mass is 332 g/mol. The van der Waals surface area contributed by atoms with E-state index in [0.717, 1.165) is 11.1 Å². The van der Waals surface area contributed by atoms with Gasteiger partial charge in [0.2, 0.25) is 5.82 Å². The van der Waals surface area contributed by atoms with Gasteiger partial charge >= 0.3 is 0 Å². The Morgan fingerprint density at radius 2 is 2.08 bits per heavy atom. The number of aryl methyl sites for hydroxylation is 1. The minimum absolute atomic E-state index is 0.181. The molecular formula is C16H12N8O. The third-order valence-electron chi connectivity index (χ3n) is 3.74. The molecule has 0 bridgehead atoms. The first-order valence-corrected chi connectivity index (χ1v) is 7.49. The molecule has 0 aliphatic carbocycles. The minimum atomic E-state index is -0.305. The number of hydrogen-bond donors (Lipinski definition) is 1. The van der Waals surface area contributed by atoms with Gasteiger partial charge in [0.25, 0.3) is 5.56 Å². The predicted octanol–water partition coefficient (Wildman–Crippen LogP) is 0.904. The summed E-state index contributed by atoms with van der Waals surface area (Å²) in [6.07, 6.45) is 1.44. The van der Waals surface area contributed by atoms with Crippen LogP contribution in [0, 0.1) is 18.3 Å². The molecule has 0 fully saturated rings. The van der Waals surface area contributed by atoms with E-state index in [0.29, 0.717) is 17.1 Å². The van der Waals surface area contributed by atoms with E-state index in [1.165, 1.54) is 21.6 Å². The van der Waals surface area contributed by atoms with Gasteiger partial charge in [0.05, 0.1) is 5.69 Å². The number of tetrazole rings is 1. The Bertz CT molecular complexity index is 1160. The molecule has 0 saturated carbocycles. The molecule has 3 heterocycles. The van der Waals surface area contributed by atoms with Gasteiger partial charge in [0.15, 0.2) is 5.65 Å². The molecule has 9 heteroatoms. The molecule has 0 radical (unpaired) electrons. The summed E-state index contributed by atoms with van der Waals surface area (Å²) in [6, 6.07) is 11.2. The molecule has 0 saturated heterocycles. The van der Waals surface area contributed by atoms with Crippen LogP contribution in [-0.4, -0.2) is 34.8 Å². The zero-order valence-corrected chi connectivity index (χ0v) is 13.2. The van der Waals surface area contributed by atoms with Crippen molar-refractivity contribution in [2.75, 3.05) is 0 Å². The van der Waals surface area contributed by atoms with Crippen LogP contribution in [0.4, 0.5) is 0 Å². The molecule has 0 aliphatic rings. The fraction of sp³-hybridized carbons (Fsp3) is 0.125. The first kappa shape index (κ1) is 14.8. The summed E-state index contributed by atoms with van der Waals surface area (Å²) in [7, 11) is 0. The van der Waals surface area contributed by atoms with Crippen molar-refractivity contribution >= 4 is 5.65 Å². The molecule has 0 amide bonds. The Morgan fingerprint density at radius 3 is 2.84 bits per heavy atom. The highest BCUT2D eigenvalue weighted by Crippen LogP contribution is 2.14. The second-order valence-corrected chi connectivity index (χ2v) is 5.55. The van der Waals surface area contributed by atoms with Crippen LogP contribution >= 0.6 is 0 Å². The molecule has 0 atom stereocenters. The van der Waals surface area contributed by atoms with E-state index >= 15 is 0 Å². The molecule has 9 nitrogen and oxygen atoms in total. The van der Waals surface area contributed by atoms with Gasteiger partial charge in [-0.25, -0.2) is 9.50 Å². The van der Waals surface area contributed by atoms with Crippen LogP contribution < -0.4 is 5.56 Å². The van der Waals surface area contributed by atoms with Gasteiger partial charge in [0, 0.05) is 17.8 Å². The molecule has 25 heavy (non-hydrogen) atoms. The van der Waals surface area contributed by atoms with Crippen LogP contribution in [0.5, 0.6) is 0 Å². The van der Waals surface area contributed by atoms with Crippen molar-refractivity contribution in [2.45, 2.75) is 13.5 Å². The number of hydrogen-bond acceptors (Lipinski definition) is 6. The van der Waals surface area contributed by atoms with Gasteiger partial charge in [-0.05, 0) is 12.1 Å².